The van der Waals surface area contributed by atoms with E-state index in [1.54, 1.807) is 24.3 Å². The largest absolute Gasteiger partial charge is 0.494 e. The van der Waals surface area contributed by atoms with Crippen LogP contribution in [0.15, 0.2) is 59.6 Å². The van der Waals surface area contributed by atoms with E-state index in [2.05, 4.69) is 20.9 Å². The van der Waals surface area contributed by atoms with Gasteiger partial charge in [0, 0.05) is 25.9 Å². The normalized spacial score (nSPS) is 13.5. The first-order valence-electron chi connectivity index (χ1n) is 11.5. The van der Waals surface area contributed by atoms with E-state index >= 15 is 0 Å². The number of alkyl carbamates (subject to hydrolysis) is 1. The standard InChI is InChI=1S/C25H30N4O6/c30-22(29-24-26-14-4-15-27-24)12-9-18-7-10-20(11-8-18)34-16-13-21(23(31)32)28-25(33)35-17-19-5-2-1-3-6-19/h1-3,5-8,10-11,21H,4,9,12-17H2,(H,28,33)(H,31,32)(H2,26,27,29,30)/t21-/m0/s1. The summed E-state index contributed by atoms with van der Waals surface area (Å²) in [5.74, 6) is -0.181. The van der Waals surface area contributed by atoms with Gasteiger partial charge in [0.2, 0.25) is 5.91 Å². The Bertz CT molecular complexity index is 1010. The molecule has 4 N–H and O–H groups in total. The van der Waals surface area contributed by atoms with Gasteiger partial charge in [-0.05, 0) is 36.1 Å². The zero-order valence-corrected chi connectivity index (χ0v) is 19.4. The van der Waals surface area contributed by atoms with Gasteiger partial charge in [0.05, 0.1) is 6.61 Å². The molecule has 0 spiro atoms. The van der Waals surface area contributed by atoms with Crippen molar-refractivity contribution < 1.29 is 29.0 Å². The lowest BCUT2D eigenvalue weighted by atomic mass is 10.1. The highest BCUT2D eigenvalue weighted by molar-refractivity contribution is 5.97. The summed E-state index contributed by atoms with van der Waals surface area (Å²) in [5, 5.41) is 17.5. The van der Waals surface area contributed by atoms with Crippen molar-refractivity contribution in [2.75, 3.05) is 19.7 Å². The molecular formula is C25H30N4O6. The predicted molar refractivity (Wildman–Crippen MR) is 129 cm³/mol. The molecule has 2 aromatic carbocycles. The maximum Gasteiger partial charge on any atom is 0.408 e. The average Bonchev–Trinajstić information content (AvgIpc) is 2.87. The number of aliphatic carboxylic acids is 1. The van der Waals surface area contributed by atoms with Crippen molar-refractivity contribution in [3.63, 3.8) is 0 Å². The Balaban J connectivity index is 1.36. The van der Waals surface area contributed by atoms with Gasteiger partial charge in [-0.15, -0.1) is 0 Å². The van der Waals surface area contributed by atoms with Crippen LogP contribution in [0.25, 0.3) is 0 Å². The van der Waals surface area contributed by atoms with Crippen molar-refractivity contribution in [3.05, 3.63) is 65.7 Å². The van der Waals surface area contributed by atoms with Crippen LogP contribution in [-0.2, 0) is 27.4 Å². The van der Waals surface area contributed by atoms with E-state index in [1.807, 2.05) is 30.3 Å². The van der Waals surface area contributed by atoms with Crippen LogP contribution in [-0.4, -0.2) is 54.8 Å². The van der Waals surface area contributed by atoms with Gasteiger partial charge in [-0.25, -0.2) is 9.59 Å². The molecule has 1 atom stereocenters. The second kappa shape index (κ2) is 13.6. The molecule has 2 aromatic rings. The summed E-state index contributed by atoms with van der Waals surface area (Å²) in [6.07, 6.45) is 1.11. The number of aryl methyl sites for hydroxylation is 1. The van der Waals surface area contributed by atoms with E-state index in [0.29, 0.717) is 31.1 Å². The number of nitrogens with one attached hydrogen (secondary N) is 3. The molecule has 186 valence electrons. The maximum atomic E-state index is 12.1. The minimum atomic E-state index is -1.17. The second-order valence-electron chi connectivity index (χ2n) is 7.94. The number of amides is 2. The summed E-state index contributed by atoms with van der Waals surface area (Å²) in [6.45, 7) is 1.66. The Morgan fingerprint density at radius 3 is 2.51 bits per heavy atom. The van der Waals surface area contributed by atoms with Crippen molar-refractivity contribution in [2.45, 2.75) is 38.3 Å². The van der Waals surface area contributed by atoms with E-state index in [0.717, 1.165) is 24.1 Å². The number of carbonyl (C=O) groups excluding carboxylic acids is 2. The zero-order chi connectivity index (χ0) is 24.9. The van der Waals surface area contributed by atoms with E-state index in [4.69, 9.17) is 9.47 Å². The first-order valence-corrected chi connectivity index (χ1v) is 11.5. The quantitative estimate of drug-likeness (QED) is 0.385. The lowest BCUT2D eigenvalue weighted by Gasteiger charge is -2.15. The fourth-order valence-corrected chi connectivity index (χ4v) is 3.28. The number of hydrogen-bond acceptors (Lipinski definition) is 7. The van der Waals surface area contributed by atoms with E-state index in [1.165, 1.54) is 0 Å². The Labute approximate surface area is 203 Å². The molecule has 1 aliphatic heterocycles. The third kappa shape index (κ3) is 9.36. The highest BCUT2D eigenvalue weighted by Crippen LogP contribution is 2.14. The predicted octanol–water partition coefficient (Wildman–Crippen LogP) is 2.23. The van der Waals surface area contributed by atoms with Crippen LogP contribution in [0.2, 0.25) is 0 Å². The van der Waals surface area contributed by atoms with Crippen molar-refractivity contribution in [3.8, 4) is 5.75 Å². The molecule has 0 aliphatic carbocycles. The minimum Gasteiger partial charge on any atom is -0.494 e. The van der Waals surface area contributed by atoms with Gasteiger partial charge >= 0.3 is 12.1 Å². The van der Waals surface area contributed by atoms with E-state index < -0.39 is 18.1 Å². The fourth-order valence-electron chi connectivity index (χ4n) is 3.28. The summed E-state index contributed by atoms with van der Waals surface area (Å²) >= 11 is 0. The van der Waals surface area contributed by atoms with Crippen LogP contribution in [0.5, 0.6) is 5.75 Å². The molecule has 0 radical (unpaired) electrons. The lowest BCUT2D eigenvalue weighted by Crippen LogP contribution is -2.43. The van der Waals surface area contributed by atoms with Crippen LogP contribution in [0.1, 0.15) is 30.4 Å². The lowest BCUT2D eigenvalue weighted by molar-refractivity contribution is -0.139. The van der Waals surface area contributed by atoms with Crippen LogP contribution in [0.4, 0.5) is 4.79 Å². The summed E-state index contributed by atoms with van der Waals surface area (Å²) in [4.78, 5) is 39.7. The minimum absolute atomic E-state index is 0.0508. The molecular weight excluding hydrogens is 452 g/mol. The van der Waals surface area contributed by atoms with Gasteiger partial charge in [0.25, 0.3) is 0 Å². The van der Waals surface area contributed by atoms with Crippen molar-refractivity contribution in [1.82, 2.24) is 16.0 Å². The number of hydrogen-bond donors (Lipinski definition) is 4. The number of aliphatic imine (C=N–C) groups is 1. The van der Waals surface area contributed by atoms with Gasteiger partial charge in [0.15, 0.2) is 5.96 Å². The number of carboxylic acid groups (broad SMARTS) is 1. The van der Waals surface area contributed by atoms with Gasteiger partial charge < -0.3 is 25.2 Å². The highest BCUT2D eigenvalue weighted by atomic mass is 16.5. The maximum absolute atomic E-state index is 12.1. The number of benzene rings is 2. The molecule has 0 saturated carbocycles. The third-order valence-corrected chi connectivity index (χ3v) is 5.20. The van der Waals surface area contributed by atoms with Crippen molar-refractivity contribution in [2.24, 2.45) is 4.99 Å². The number of ether oxygens (including phenoxy) is 2. The van der Waals surface area contributed by atoms with Gasteiger partial charge in [0.1, 0.15) is 18.4 Å². The van der Waals surface area contributed by atoms with Crippen molar-refractivity contribution >= 4 is 23.9 Å². The average molecular weight is 483 g/mol. The molecule has 10 nitrogen and oxygen atoms in total. The summed E-state index contributed by atoms with van der Waals surface area (Å²) in [5.41, 5.74) is 1.77. The van der Waals surface area contributed by atoms with E-state index in [-0.39, 0.29) is 25.5 Å². The molecule has 1 heterocycles. The molecule has 1 aliphatic rings. The Morgan fingerprint density at radius 1 is 1.06 bits per heavy atom. The molecule has 10 heteroatoms. The third-order valence-electron chi connectivity index (χ3n) is 5.20. The topological polar surface area (TPSA) is 138 Å². The van der Waals surface area contributed by atoms with Gasteiger partial charge in [-0.2, -0.15) is 0 Å². The second-order valence-corrected chi connectivity index (χ2v) is 7.94. The number of carbonyl (C=O) groups is 3. The Morgan fingerprint density at radius 2 is 1.83 bits per heavy atom. The summed E-state index contributed by atoms with van der Waals surface area (Å²) in [7, 11) is 0. The van der Waals surface area contributed by atoms with Crippen LogP contribution in [0, 0.1) is 0 Å². The number of nitrogens with zero attached hydrogens (tertiary/aromatic N) is 1. The van der Waals surface area contributed by atoms with Crippen molar-refractivity contribution in [1.29, 1.82) is 0 Å². The first-order chi connectivity index (χ1) is 17.0. The molecule has 2 amide bonds. The smallest absolute Gasteiger partial charge is 0.408 e. The summed E-state index contributed by atoms with van der Waals surface area (Å²) < 4.78 is 10.7. The Hall–Kier alpha value is -4.08. The molecule has 0 unspecified atom stereocenters. The summed E-state index contributed by atoms with van der Waals surface area (Å²) in [6, 6.07) is 15.2. The first kappa shape index (κ1) is 25.5. The van der Waals surface area contributed by atoms with E-state index in [9.17, 15) is 19.5 Å². The Kier molecular flexibility index (Phi) is 9.91. The molecule has 35 heavy (non-hydrogen) atoms. The molecule has 0 fully saturated rings. The monoisotopic (exact) mass is 482 g/mol. The number of carboxylic acids is 1. The van der Waals surface area contributed by atoms with Gasteiger partial charge in [-0.1, -0.05) is 42.5 Å². The molecule has 3 rings (SSSR count). The fraction of sp³-hybridized carbons (Fsp3) is 0.360. The van der Waals surface area contributed by atoms with Crippen LogP contribution >= 0.6 is 0 Å². The van der Waals surface area contributed by atoms with Crippen LogP contribution in [0.3, 0.4) is 0 Å². The number of guanidine groups is 1. The highest BCUT2D eigenvalue weighted by Gasteiger charge is 2.21. The van der Waals surface area contributed by atoms with Gasteiger partial charge in [-0.3, -0.25) is 15.1 Å². The zero-order valence-electron chi connectivity index (χ0n) is 19.4. The van der Waals surface area contributed by atoms with Crippen LogP contribution < -0.4 is 20.7 Å². The molecule has 0 bridgehead atoms. The molecule has 0 aromatic heterocycles. The number of rotatable bonds is 11. The SMILES string of the molecule is O=C(CCc1ccc(OCC[C@H](NC(=O)OCc2ccccc2)C(=O)O)cc1)NC1=NCCCN1. The molecule has 0 saturated heterocycles.